The van der Waals surface area contributed by atoms with Crippen LogP contribution in [-0.4, -0.2) is 11.1 Å². The largest absolute Gasteiger partial charge is 0.364 e. The Morgan fingerprint density at radius 3 is 2.44 bits per heavy atom. The molecule has 0 aromatic carbocycles. The molecule has 4 nitrogen and oxygen atoms in total. The van der Waals surface area contributed by atoms with Crippen LogP contribution in [-0.2, 0) is 11.3 Å². The second-order valence-electron chi connectivity index (χ2n) is 3.76. The van der Waals surface area contributed by atoms with Gasteiger partial charge in [0.15, 0.2) is 0 Å². The van der Waals surface area contributed by atoms with Gasteiger partial charge in [-0.2, -0.15) is 0 Å². The van der Waals surface area contributed by atoms with E-state index in [0.29, 0.717) is 12.5 Å². The number of hydrogen-bond donors (Lipinski definition) is 1. The van der Waals surface area contributed by atoms with Crippen LogP contribution >= 0.6 is 0 Å². The molecule has 1 amide bonds. The van der Waals surface area contributed by atoms with Gasteiger partial charge in [0.25, 0.3) is 0 Å². The number of aromatic nitrogens is 1. The van der Waals surface area contributed by atoms with E-state index in [1.165, 1.54) is 26.2 Å². The number of nitrogens with zero attached hydrogens (tertiary/aromatic N) is 1. The zero-order valence-electron chi connectivity index (χ0n) is 12.2. The van der Waals surface area contributed by atoms with Crippen LogP contribution in [0.15, 0.2) is 10.8 Å². The lowest BCUT2D eigenvalue weighted by Gasteiger charge is -2.23. The predicted molar refractivity (Wildman–Crippen MR) is 73.3 cm³/mol. The van der Waals surface area contributed by atoms with Gasteiger partial charge in [-0.15, -0.1) is 0 Å². The van der Waals surface area contributed by atoms with Crippen LogP contribution in [0.3, 0.4) is 0 Å². The topological polar surface area (TPSA) is 55.1 Å². The van der Waals surface area contributed by atoms with Gasteiger partial charge in [0.2, 0.25) is 5.91 Å². The van der Waals surface area contributed by atoms with Crippen LogP contribution in [0.2, 0.25) is 0 Å². The van der Waals surface area contributed by atoms with E-state index in [1.807, 2.05) is 27.7 Å². The number of amides is 1. The van der Waals surface area contributed by atoms with Gasteiger partial charge in [0.05, 0.1) is 5.69 Å². The summed E-state index contributed by atoms with van der Waals surface area (Å²) in [6.45, 7) is 10.0. The molecule has 0 aliphatic heterocycles. The monoisotopic (exact) mass is 254 g/mol. The zero-order chi connectivity index (χ0) is 14.0. The summed E-state index contributed by atoms with van der Waals surface area (Å²) >= 11 is 0. The molecule has 18 heavy (non-hydrogen) atoms. The number of nitrogens with one attached hydrogen (secondary N) is 1. The summed E-state index contributed by atoms with van der Waals surface area (Å²) in [4.78, 5) is 10.7. The minimum absolute atomic E-state index is 0.0224. The molecule has 4 heteroatoms. The summed E-state index contributed by atoms with van der Waals surface area (Å²) in [6, 6.07) is 0. The van der Waals surface area contributed by atoms with Crippen LogP contribution in [0.1, 0.15) is 71.1 Å². The Bertz CT molecular complexity index is 330. The summed E-state index contributed by atoms with van der Waals surface area (Å²) in [5, 5.41) is 6.74. The molecule has 0 atom stereocenters. The quantitative estimate of drug-likeness (QED) is 0.896. The number of carbonyl (C=O) groups excluding carboxylic acids is 1. The molecule has 2 rings (SSSR count). The minimum Gasteiger partial charge on any atom is -0.364 e. The summed E-state index contributed by atoms with van der Waals surface area (Å²) < 4.78 is 4.93. The highest BCUT2D eigenvalue weighted by molar-refractivity contribution is 5.72. The summed E-state index contributed by atoms with van der Waals surface area (Å²) in [5.41, 5.74) is 2.05. The van der Waals surface area contributed by atoms with E-state index in [1.54, 1.807) is 6.26 Å². The molecular weight excluding hydrogens is 228 g/mol. The molecule has 1 saturated carbocycles. The van der Waals surface area contributed by atoms with Crippen molar-refractivity contribution >= 4 is 5.91 Å². The van der Waals surface area contributed by atoms with Crippen LogP contribution in [0, 0.1) is 0 Å². The van der Waals surface area contributed by atoms with Gasteiger partial charge >= 0.3 is 0 Å². The first kappa shape index (κ1) is 16.7. The zero-order valence-corrected chi connectivity index (χ0v) is 12.2. The highest BCUT2D eigenvalue weighted by Gasteiger charge is 2.25. The molecule has 0 spiro atoms. The van der Waals surface area contributed by atoms with E-state index in [9.17, 15) is 4.79 Å². The molecule has 1 heterocycles. The standard InChI is InChI=1S/C10H14N2O2.2C2H6/c1-7(13)11-5-9-6-14-12-10(9)8-3-2-4-8;2*1-2/h6,8H,2-5H2,1H3,(H,11,13);2*1-2H3. The maximum atomic E-state index is 10.7. The summed E-state index contributed by atoms with van der Waals surface area (Å²) in [6.07, 6.45) is 5.29. The van der Waals surface area contributed by atoms with Gasteiger partial charge in [-0.05, 0) is 12.8 Å². The third kappa shape index (κ3) is 4.90. The molecule has 0 unspecified atom stereocenters. The molecular formula is C14H26N2O2. The van der Waals surface area contributed by atoms with Gasteiger partial charge in [-0.25, -0.2) is 0 Å². The second kappa shape index (κ2) is 9.68. The minimum atomic E-state index is -0.0224. The molecule has 1 aliphatic carbocycles. The Kier molecular flexibility index (Phi) is 8.97. The second-order valence-corrected chi connectivity index (χ2v) is 3.76. The first-order valence-corrected chi connectivity index (χ1v) is 6.95. The van der Waals surface area contributed by atoms with Crippen LogP contribution < -0.4 is 5.32 Å². The SMILES string of the molecule is CC.CC.CC(=O)NCc1conc1C1CCC1. The molecule has 0 radical (unpaired) electrons. The van der Waals surface area contributed by atoms with Gasteiger partial charge < -0.3 is 9.84 Å². The fourth-order valence-corrected chi connectivity index (χ4v) is 1.64. The lowest BCUT2D eigenvalue weighted by molar-refractivity contribution is -0.119. The maximum absolute atomic E-state index is 10.7. The lowest BCUT2D eigenvalue weighted by atomic mass is 9.81. The average molecular weight is 254 g/mol. The number of hydrogen-bond acceptors (Lipinski definition) is 3. The Morgan fingerprint density at radius 2 is 2.00 bits per heavy atom. The van der Waals surface area contributed by atoms with Crippen LogP contribution in [0.4, 0.5) is 0 Å². The maximum Gasteiger partial charge on any atom is 0.217 e. The third-order valence-electron chi connectivity index (χ3n) is 2.69. The average Bonchev–Trinajstić information content (AvgIpc) is 2.78. The van der Waals surface area contributed by atoms with Gasteiger partial charge in [-0.3, -0.25) is 4.79 Å². The van der Waals surface area contributed by atoms with Crippen molar-refractivity contribution in [1.82, 2.24) is 10.5 Å². The molecule has 0 bridgehead atoms. The summed E-state index contributed by atoms with van der Waals surface area (Å²) in [7, 11) is 0. The van der Waals surface area contributed by atoms with Crippen molar-refractivity contribution in [2.75, 3.05) is 0 Å². The van der Waals surface area contributed by atoms with Crippen LogP contribution in [0.5, 0.6) is 0 Å². The Hall–Kier alpha value is -1.32. The van der Waals surface area contributed by atoms with Crippen molar-refractivity contribution in [3.05, 3.63) is 17.5 Å². The molecule has 1 aromatic heterocycles. The van der Waals surface area contributed by atoms with Crippen LogP contribution in [0.25, 0.3) is 0 Å². The van der Waals surface area contributed by atoms with Crippen molar-refractivity contribution < 1.29 is 9.32 Å². The Morgan fingerprint density at radius 1 is 1.39 bits per heavy atom. The van der Waals surface area contributed by atoms with Gasteiger partial charge in [0, 0.05) is 24.9 Å². The van der Waals surface area contributed by atoms with Crippen molar-refractivity contribution in [2.24, 2.45) is 0 Å². The molecule has 1 aliphatic rings. The molecule has 1 aromatic rings. The Labute approximate surface area is 110 Å². The lowest BCUT2D eigenvalue weighted by Crippen LogP contribution is -2.20. The predicted octanol–water partition coefficient (Wildman–Crippen LogP) is 3.63. The highest BCUT2D eigenvalue weighted by Crippen LogP contribution is 2.36. The Balaban J connectivity index is 0.000000659. The fraction of sp³-hybridized carbons (Fsp3) is 0.714. The third-order valence-corrected chi connectivity index (χ3v) is 2.69. The van der Waals surface area contributed by atoms with E-state index in [2.05, 4.69) is 10.5 Å². The van der Waals surface area contributed by atoms with Crippen molar-refractivity contribution in [3.63, 3.8) is 0 Å². The van der Waals surface area contributed by atoms with Gasteiger partial charge in [0.1, 0.15) is 6.26 Å². The fourth-order valence-electron chi connectivity index (χ4n) is 1.64. The summed E-state index contributed by atoms with van der Waals surface area (Å²) in [5.74, 6) is 0.531. The van der Waals surface area contributed by atoms with E-state index in [0.717, 1.165) is 11.3 Å². The first-order valence-electron chi connectivity index (χ1n) is 6.95. The first-order chi connectivity index (χ1) is 8.77. The number of rotatable bonds is 3. The normalized spacial score (nSPS) is 13.4. The van der Waals surface area contributed by atoms with Crippen molar-refractivity contribution in [1.29, 1.82) is 0 Å². The van der Waals surface area contributed by atoms with E-state index >= 15 is 0 Å². The highest BCUT2D eigenvalue weighted by atomic mass is 16.5. The molecule has 1 fully saturated rings. The van der Waals surface area contributed by atoms with E-state index < -0.39 is 0 Å². The van der Waals surface area contributed by atoms with E-state index in [4.69, 9.17) is 4.52 Å². The molecule has 1 N–H and O–H groups in total. The van der Waals surface area contributed by atoms with Crippen molar-refractivity contribution in [2.45, 2.75) is 66.3 Å². The molecule has 104 valence electrons. The number of carbonyl (C=O) groups is 1. The van der Waals surface area contributed by atoms with E-state index in [-0.39, 0.29) is 5.91 Å². The molecule has 0 saturated heterocycles. The smallest absolute Gasteiger partial charge is 0.217 e. The van der Waals surface area contributed by atoms with Gasteiger partial charge in [-0.1, -0.05) is 39.3 Å². The van der Waals surface area contributed by atoms with Crippen molar-refractivity contribution in [3.8, 4) is 0 Å².